The number of nitrogens with zero attached hydrogens (tertiary/aromatic N) is 2. The topological polar surface area (TPSA) is 59.1 Å². The fourth-order valence-corrected chi connectivity index (χ4v) is 2.92. The van der Waals surface area contributed by atoms with Crippen molar-refractivity contribution in [3.63, 3.8) is 0 Å². The number of carbonyl (C=O) groups excluding carboxylic acids is 2. The number of hydrogen-bond acceptors (Lipinski definition) is 5. The quantitative estimate of drug-likeness (QED) is 0.708. The molecule has 6 heteroatoms. The Morgan fingerprint density at radius 2 is 1.95 bits per heavy atom. The first-order valence-corrected chi connectivity index (χ1v) is 7.88. The average Bonchev–Trinajstić information content (AvgIpc) is 2.48. The predicted molar refractivity (Wildman–Crippen MR) is 77.8 cm³/mol. The summed E-state index contributed by atoms with van der Waals surface area (Å²) >= 11 is 0. The average molecular weight is 298 g/mol. The van der Waals surface area contributed by atoms with Crippen molar-refractivity contribution >= 4 is 11.9 Å². The Kier molecular flexibility index (Phi) is 5.99. The SMILES string of the molecule is CCOC(=O)C1CCN(CC(=O)N2CCOC(C)C2)CC1. The number of likely N-dealkylation sites (tertiary alicyclic amines) is 1. The Balaban J connectivity index is 1.73. The fraction of sp³-hybridized carbons (Fsp3) is 0.867. The lowest BCUT2D eigenvalue weighted by Gasteiger charge is -2.35. The normalized spacial score (nSPS) is 24.9. The van der Waals surface area contributed by atoms with Gasteiger partial charge in [0.05, 0.1) is 31.8 Å². The molecule has 2 rings (SSSR count). The first-order chi connectivity index (χ1) is 10.1. The van der Waals surface area contributed by atoms with Gasteiger partial charge in [-0.25, -0.2) is 0 Å². The molecule has 0 saturated carbocycles. The van der Waals surface area contributed by atoms with Crippen molar-refractivity contribution in [2.75, 3.05) is 45.9 Å². The largest absolute Gasteiger partial charge is 0.466 e. The van der Waals surface area contributed by atoms with Gasteiger partial charge in [0.15, 0.2) is 0 Å². The van der Waals surface area contributed by atoms with Crippen molar-refractivity contribution in [2.45, 2.75) is 32.8 Å². The van der Waals surface area contributed by atoms with E-state index in [0.717, 1.165) is 25.9 Å². The van der Waals surface area contributed by atoms with Crippen molar-refractivity contribution in [2.24, 2.45) is 5.92 Å². The molecule has 1 unspecified atom stereocenters. The van der Waals surface area contributed by atoms with E-state index in [9.17, 15) is 9.59 Å². The van der Waals surface area contributed by atoms with E-state index in [4.69, 9.17) is 9.47 Å². The van der Waals surface area contributed by atoms with Crippen LogP contribution in [0.25, 0.3) is 0 Å². The highest BCUT2D eigenvalue weighted by molar-refractivity contribution is 5.78. The van der Waals surface area contributed by atoms with Crippen LogP contribution in [0.1, 0.15) is 26.7 Å². The molecule has 2 aliphatic rings. The molecule has 0 aromatic heterocycles. The van der Waals surface area contributed by atoms with Gasteiger partial charge >= 0.3 is 5.97 Å². The Morgan fingerprint density at radius 3 is 2.57 bits per heavy atom. The third-order valence-electron chi connectivity index (χ3n) is 4.16. The number of piperidine rings is 1. The van der Waals surface area contributed by atoms with Crippen LogP contribution in [0.3, 0.4) is 0 Å². The Labute approximate surface area is 126 Å². The van der Waals surface area contributed by atoms with E-state index in [2.05, 4.69) is 4.90 Å². The van der Waals surface area contributed by atoms with Crippen LogP contribution in [0.4, 0.5) is 0 Å². The molecular formula is C15H26N2O4. The lowest BCUT2D eigenvalue weighted by molar-refractivity contribution is -0.149. The molecule has 2 saturated heterocycles. The van der Waals surface area contributed by atoms with E-state index in [0.29, 0.717) is 32.8 Å². The number of carbonyl (C=O) groups is 2. The summed E-state index contributed by atoms with van der Waals surface area (Å²) in [6.45, 7) is 8.26. The molecule has 2 fully saturated rings. The lowest BCUT2D eigenvalue weighted by Crippen LogP contribution is -2.49. The molecule has 0 aromatic rings. The van der Waals surface area contributed by atoms with Crippen LogP contribution in [0.2, 0.25) is 0 Å². The second-order valence-corrected chi connectivity index (χ2v) is 5.82. The number of morpholine rings is 1. The number of rotatable bonds is 4. The van der Waals surface area contributed by atoms with E-state index < -0.39 is 0 Å². The Hall–Kier alpha value is -1.14. The minimum atomic E-state index is -0.0921. The summed E-state index contributed by atoms with van der Waals surface area (Å²) in [7, 11) is 0. The molecule has 21 heavy (non-hydrogen) atoms. The van der Waals surface area contributed by atoms with Crippen LogP contribution in [-0.4, -0.2) is 73.7 Å². The highest BCUT2D eigenvalue weighted by Crippen LogP contribution is 2.18. The maximum atomic E-state index is 12.3. The van der Waals surface area contributed by atoms with Crippen molar-refractivity contribution in [1.82, 2.24) is 9.80 Å². The van der Waals surface area contributed by atoms with Gasteiger partial charge in [0, 0.05) is 13.1 Å². The van der Waals surface area contributed by atoms with Gasteiger partial charge in [-0.2, -0.15) is 0 Å². The monoisotopic (exact) mass is 298 g/mol. The van der Waals surface area contributed by atoms with E-state index in [1.54, 1.807) is 0 Å². The molecule has 6 nitrogen and oxygen atoms in total. The summed E-state index contributed by atoms with van der Waals surface area (Å²) in [6, 6.07) is 0. The van der Waals surface area contributed by atoms with Crippen molar-refractivity contribution < 1.29 is 19.1 Å². The Bertz CT molecular complexity index is 367. The highest BCUT2D eigenvalue weighted by Gasteiger charge is 2.28. The van der Waals surface area contributed by atoms with Gasteiger partial charge < -0.3 is 14.4 Å². The smallest absolute Gasteiger partial charge is 0.309 e. The maximum absolute atomic E-state index is 12.3. The van der Waals surface area contributed by atoms with Crippen LogP contribution in [0, 0.1) is 5.92 Å². The van der Waals surface area contributed by atoms with Crippen LogP contribution < -0.4 is 0 Å². The van der Waals surface area contributed by atoms with E-state index in [1.807, 2.05) is 18.7 Å². The minimum Gasteiger partial charge on any atom is -0.466 e. The zero-order chi connectivity index (χ0) is 15.2. The first-order valence-electron chi connectivity index (χ1n) is 7.88. The van der Waals surface area contributed by atoms with Gasteiger partial charge in [-0.1, -0.05) is 0 Å². The van der Waals surface area contributed by atoms with Crippen molar-refractivity contribution in [3.05, 3.63) is 0 Å². The minimum absolute atomic E-state index is 0.000268. The third-order valence-corrected chi connectivity index (χ3v) is 4.16. The molecule has 0 spiro atoms. The van der Waals surface area contributed by atoms with Crippen LogP contribution in [-0.2, 0) is 19.1 Å². The van der Waals surface area contributed by atoms with E-state index in [1.165, 1.54) is 0 Å². The summed E-state index contributed by atoms with van der Waals surface area (Å²) in [4.78, 5) is 28.0. The lowest BCUT2D eigenvalue weighted by atomic mass is 9.97. The molecule has 1 atom stereocenters. The summed E-state index contributed by atoms with van der Waals surface area (Å²) in [5.74, 6) is 0.0740. The predicted octanol–water partition coefficient (Wildman–Crippen LogP) is 0.509. The van der Waals surface area contributed by atoms with Crippen LogP contribution >= 0.6 is 0 Å². The summed E-state index contributed by atoms with van der Waals surface area (Å²) in [5.41, 5.74) is 0. The highest BCUT2D eigenvalue weighted by atomic mass is 16.5. The molecule has 0 aliphatic carbocycles. The molecule has 2 aliphatic heterocycles. The number of hydrogen-bond donors (Lipinski definition) is 0. The maximum Gasteiger partial charge on any atom is 0.309 e. The number of ether oxygens (including phenoxy) is 2. The summed E-state index contributed by atoms with van der Waals surface area (Å²) in [6.07, 6.45) is 1.69. The molecule has 0 N–H and O–H groups in total. The molecule has 0 aromatic carbocycles. The van der Waals surface area contributed by atoms with E-state index in [-0.39, 0.29) is 23.9 Å². The molecule has 2 heterocycles. The van der Waals surface area contributed by atoms with Gasteiger partial charge in [-0.3, -0.25) is 14.5 Å². The van der Waals surface area contributed by atoms with E-state index >= 15 is 0 Å². The Morgan fingerprint density at radius 1 is 1.24 bits per heavy atom. The zero-order valence-corrected chi connectivity index (χ0v) is 13.0. The van der Waals surface area contributed by atoms with Gasteiger partial charge in [-0.15, -0.1) is 0 Å². The molecular weight excluding hydrogens is 272 g/mol. The molecule has 0 bridgehead atoms. The number of esters is 1. The summed E-state index contributed by atoms with van der Waals surface area (Å²) in [5, 5.41) is 0. The van der Waals surface area contributed by atoms with Crippen molar-refractivity contribution in [1.29, 1.82) is 0 Å². The first kappa shape index (κ1) is 16.2. The van der Waals surface area contributed by atoms with Gasteiger partial charge in [0.25, 0.3) is 0 Å². The zero-order valence-electron chi connectivity index (χ0n) is 13.0. The third kappa shape index (κ3) is 4.68. The number of amides is 1. The second kappa shape index (κ2) is 7.75. The van der Waals surface area contributed by atoms with Crippen LogP contribution in [0.5, 0.6) is 0 Å². The molecule has 120 valence electrons. The van der Waals surface area contributed by atoms with Gasteiger partial charge in [-0.05, 0) is 39.8 Å². The summed E-state index contributed by atoms with van der Waals surface area (Å²) < 4.78 is 10.5. The molecule has 0 radical (unpaired) electrons. The second-order valence-electron chi connectivity index (χ2n) is 5.82. The van der Waals surface area contributed by atoms with Gasteiger partial charge in [0.2, 0.25) is 5.91 Å². The molecule has 1 amide bonds. The van der Waals surface area contributed by atoms with Gasteiger partial charge in [0.1, 0.15) is 0 Å². The van der Waals surface area contributed by atoms with Crippen LogP contribution in [0.15, 0.2) is 0 Å². The standard InChI is InChI=1S/C15H26N2O4/c1-3-20-15(19)13-4-6-16(7-5-13)11-14(18)17-8-9-21-12(2)10-17/h12-13H,3-11H2,1-2H3. The fourth-order valence-electron chi connectivity index (χ4n) is 2.92. The van der Waals surface area contributed by atoms with Crippen molar-refractivity contribution in [3.8, 4) is 0 Å².